The Hall–Kier alpha value is -3.26. The van der Waals surface area contributed by atoms with Crippen LogP contribution in [-0.4, -0.2) is 42.7 Å². The van der Waals surface area contributed by atoms with Gasteiger partial charge in [0.25, 0.3) is 10.0 Å². The Morgan fingerprint density at radius 2 is 1.66 bits per heavy atom. The van der Waals surface area contributed by atoms with Crippen molar-refractivity contribution in [2.75, 3.05) is 37.9 Å². The second-order valence-corrected chi connectivity index (χ2v) is 8.19. The van der Waals surface area contributed by atoms with Crippen LogP contribution in [0.5, 0.6) is 5.75 Å². The molecule has 0 fully saturated rings. The number of esters is 1. The van der Waals surface area contributed by atoms with Crippen molar-refractivity contribution in [2.24, 2.45) is 0 Å². The van der Waals surface area contributed by atoms with E-state index in [9.17, 15) is 13.2 Å². The lowest BCUT2D eigenvalue weighted by molar-refractivity contribution is 0.0600. The van der Waals surface area contributed by atoms with E-state index in [1.54, 1.807) is 18.2 Å². The van der Waals surface area contributed by atoms with Gasteiger partial charge in [0.05, 0.1) is 30.4 Å². The first kappa shape index (κ1) is 20.5. The molecule has 1 N–H and O–H groups in total. The number of benzene rings is 3. The van der Waals surface area contributed by atoms with Crippen molar-refractivity contribution in [3.8, 4) is 5.75 Å². The van der Waals surface area contributed by atoms with Crippen LogP contribution >= 0.6 is 0 Å². The molecule has 29 heavy (non-hydrogen) atoms. The number of fused-ring (bicyclic) bond motifs is 1. The first-order valence-corrected chi connectivity index (χ1v) is 10.2. The van der Waals surface area contributed by atoms with E-state index in [1.807, 2.05) is 37.2 Å². The van der Waals surface area contributed by atoms with E-state index in [1.165, 1.54) is 32.4 Å². The van der Waals surface area contributed by atoms with Crippen LogP contribution in [0.1, 0.15) is 10.4 Å². The maximum atomic E-state index is 13.2. The quantitative estimate of drug-likeness (QED) is 0.622. The number of hydrogen-bond acceptors (Lipinski definition) is 6. The van der Waals surface area contributed by atoms with Crippen molar-refractivity contribution in [1.29, 1.82) is 0 Å². The number of carbonyl (C=O) groups is 1. The summed E-state index contributed by atoms with van der Waals surface area (Å²) in [5.41, 5.74) is 1.26. The Balaban J connectivity index is 2.12. The summed E-state index contributed by atoms with van der Waals surface area (Å²) in [7, 11) is 2.52. The highest BCUT2D eigenvalue weighted by atomic mass is 32.2. The van der Waals surface area contributed by atoms with Gasteiger partial charge in [0, 0.05) is 30.6 Å². The van der Waals surface area contributed by atoms with Gasteiger partial charge in [-0.1, -0.05) is 24.3 Å². The third kappa shape index (κ3) is 3.97. The Labute approximate surface area is 169 Å². The largest absolute Gasteiger partial charge is 0.495 e. The van der Waals surface area contributed by atoms with E-state index in [4.69, 9.17) is 9.47 Å². The fourth-order valence-electron chi connectivity index (χ4n) is 3.12. The molecule has 0 aliphatic heterocycles. The second-order valence-electron chi connectivity index (χ2n) is 6.53. The molecule has 8 heteroatoms. The zero-order chi connectivity index (χ0) is 21.2. The number of sulfonamides is 1. The lowest BCUT2D eigenvalue weighted by Crippen LogP contribution is -2.15. The maximum Gasteiger partial charge on any atom is 0.337 e. The lowest BCUT2D eigenvalue weighted by Gasteiger charge is -2.18. The zero-order valence-corrected chi connectivity index (χ0v) is 17.4. The van der Waals surface area contributed by atoms with Crippen molar-refractivity contribution in [3.05, 3.63) is 60.2 Å². The molecule has 3 rings (SSSR count). The predicted molar refractivity (Wildman–Crippen MR) is 113 cm³/mol. The van der Waals surface area contributed by atoms with Crippen LogP contribution in [-0.2, 0) is 14.8 Å². The minimum absolute atomic E-state index is 0.129. The highest BCUT2D eigenvalue weighted by Crippen LogP contribution is 2.33. The molecule has 3 aromatic carbocycles. The highest BCUT2D eigenvalue weighted by molar-refractivity contribution is 7.93. The molecule has 0 amide bonds. The predicted octanol–water partition coefficient (Wildman–Crippen LogP) is 3.50. The number of nitrogens with one attached hydrogen (secondary N) is 1. The number of ether oxygens (including phenoxy) is 2. The molecular weight excluding hydrogens is 392 g/mol. The molecular formula is C21H22N2O5S. The normalized spacial score (nSPS) is 11.2. The molecule has 0 unspecified atom stereocenters. The van der Waals surface area contributed by atoms with Crippen molar-refractivity contribution >= 4 is 38.1 Å². The third-order valence-electron chi connectivity index (χ3n) is 4.50. The molecule has 0 saturated carbocycles. The number of nitrogens with zero attached hydrogens (tertiary/aromatic N) is 1. The van der Waals surface area contributed by atoms with E-state index in [2.05, 4.69) is 4.72 Å². The van der Waals surface area contributed by atoms with Crippen LogP contribution in [0.15, 0.2) is 59.5 Å². The summed E-state index contributed by atoms with van der Waals surface area (Å²) >= 11 is 0. The molecule has 0 radical (unpaired) electrons. The molecule has 0 saturated heterocycles. The minimum Gasteiger partial charge on any atom is -0.495 e. The average molecular weight is 414 g/mol. The Morgan fingerprint density at radius 1 is 0.966 bits per heavy atom. The summed E-state index contributed by atoms with van der Waals surface area (Å²) in [5.74, 6) is -0.288. The number of hydrogen-bond donors (Lipinski definition) is 1. The van der Waals surface area contributed by atoms with Crippen LogP contribution < -0.4 is 14.4 Å². The monoisotopic (exact) mass is 414 g/mol. The summed E-state index contributed by atoms with van der Waals surface area (Å²) in [6.07, 6.45) is 0. The molecule has 152 valence electrons. The van der Waals surface area contributed by atoms with Gasteiger partial charge in [0.15, 0.2) is 0 Å². The smallest absolute Gasteiger partial charge is 0.337 e. The van der Waals surface area contributed by atoms with Crippen LogP contribution in [0.25, 0.3) is 10.8 Å². The van der Waals surface area contributed by atoms with Crippen molar-refractivity contribution in [2.45, 2.75) is 4.90 Å². The number of carbonyl (C=O) groups excluding carboxylic acids is 1. The highest BCUT2D eigenvalue weighted by Gasteiger charge is 2.21. The van der Waals surface area contributed by atoms with Crippen LogP contribution in [0.3, 0.4) is 0 Å². The summed E-state index contributed by atoms with van der Waals surface area (Å²) in [4.78, 5) is 13.9. The molecule has 0 heterocycles. The first-order valence-electron chi connectivity index (χ1n) is 8.76. The summed E-state index contributed by atoms with van der Waals surface area (Å²) < 4.78 is 38.9. The zero-order valence-electron chi connectivity index (χ0n) is 16.6. The van der Waals surface area contributed by atoms with Crippen molar-refractivity contribution < 1.29 is 22.7 Å². The van der Waals surface area contributed by atoms with Crippen molar-refractivity contribution in [1.82, 2.24) is 0 Å². The average Bonchev–Trinajstić information content (AvgIpc) is 2.71. The Bertz CT molecular complexity index is 1170. The van der Waals surface area contributed by atoms with Crippen LogP contribution in [0.4, 0.5) is 11.4 Å². The minimum atomic E-state index is -3.96. The van der Waals surface area contributed by atoms with Gasteiger partial charge in [-0.05, 0) is 30.3 Å². The lowest BCUT2D eigenvalue weighted by atomic mass is 10.1. The molecule has 7 nitrogen and oxygen atoms in total. The molecule has 0 atom stereocenters. The molecule has 0 bridgehead atoms. The molecule has 0 spiro atoms. The van der Waals surface area contributed by atoms with E-state index in [-0.39, 0.29) is 21.9 Å². The number of rotatable bonds is 6. The van der Waals surface area contributed by atoms with Gasteiger partial charge >= 0.3 is 5.97 Å². The second kappa shape index (κ2) is 8.00. The molecule has 0 aliphatic carbocycles. The van der Waals surface area contributed by atoms with Gasteiger partial charge in [-0.3, -0.25) is 4.72 Å². The fraction of sp³-hybridized carbons (Fsp3) is 0.190. The summed E-state index contributed by atoms with van der Waals surface area (Å²) in [5, 5.41) is 1.41. The number of anilines is 2. The number of methoxy groups -OCH3 is 2. The SMILES string of the molecule is COC(=O)c1ccc(OC)c(NS(=O)(=O)c2cccc3c(N(C)C)cccc23)c1. The third-order valence-corrected chi connectivity index (χ3v) is 5.92. The fourth-order valence-corrected chi connectivity index (χ4v) is 4.41. The maximum absolute atomic E-state index is 13.2. The van der Waals surface area contributed by atoms with Crippen LogP contribution in [0.2, 0.25) is 0 Å². The summed E-state index contributed by atoms with van der Waals surface area (Å²) in [6, 6.07) is 15.0. The van der Waals surface area contributed by atoms with E-state index in [0.29, 0.717) is 5.39 Å². The summed E-state index contributed by atoms with van der Waals surface area (Å²) in [6.45, 7) is 0. The van der Waals surface area contributed by atoms with Gasteiger partial charge in [0.2, 0.25) is 0 Å². The van der Waals surface area contributed by atoms with Crippen LogP contribution in [0, 0.1) is 0 Å². The van der Waals surface area contributed by atoms with Gasteiger partial charge in [0.1, 0.15) is 5.75 Å². The van der Waals surface area contributed by atoms with Gasteiger partial charge in [-0.25, -0.2) is 13.2 Å². The Morgan fingerprint density at radius 3 is 2.31 bits per heavy atom. The topological polar surface area (TPSA) is 84.9 Å². The van der Waals surface area contributed by atoms with Gasteiger partial charge in [-0.2, -0.15) is 0 Å². The first-order chi connectivity index (χ1) is 13.8. The molecule has 3 aromatic rings. The van der Waals surface area contributed by atoms with Gasteiger partial charge in [-0.15, -0.1) is 0 Å². The Kier molecular flexibility index (Phi) is 5.65. The standard InChI is InChI=1S/C21H22N2O5S/c1-23(2)18-9-5-8-16-15(18)7-6-10-20(16)29(25,26)22-17-13-14(21(24)28-4)11-12-19(17)27-3/h5-13,22H,1-4H3. The van der Waals surface area contributed by atoms with E-state index < -0.39 is 16.0 Å². The van der Waals surface area contributed by atoms with Crippen molar-refractivity contribution in [3.63, 3.8) is 0 Å². The molecule has 0 aliphatic rings. The molecule has 0 aromatic heterocycles. The van der Waals surface area contributed by atoms with E-state index in [0.717, 1.165) is 11.1 Å². The van der Waals surface area contributed by atoms with E-state index >= 15 is 0 Å². The van der Waals surface area contributed by atoms with Gasteiger partial charge < -0.3 is 14.4 Å².